The quantitative estimate of drug-likeness (QED) is 0.448. The van der Waals surface area contributed by atoms with Gasteiger partial charge in [0.25, 0.3) is 5.56 Å². The van der Waals surface area contributed by atoms with Crippen LogP contribution in [0.1, 0.15) is 5.56 Å². The van der Waals surface area contributed by atoms with E-state index in [9.17, 15) is 14.4 Å². The van der Waals surface area contributed by atoms with Crippen LogP contribution in [0.15, 0.2) is 58.7 Å². The summed E-state index contributed by atoms with van der Waals surface area (Å²) in [6.07, 6.45) is 0. The fourth-order valence-electron chi connectivity index (χ4n) is 3.31. The van der Waals surface area contributed by atoms with Crippen LogP contribution in [-0.4, -0.2) is 25.3 Å². The Bertz CT molecular complexity index is 1320. The second-order valence-corrected chi connectivity index (χ2v) is 7.46. The van der Waals surface area contributed by atoms with Crippen LogP contribution in [0, 0.1) is 17.1 Å². The van der Waals surface area contributed by atoms with Crippen LogP contribution in [-0.2, 0) is 4.74 Å². The molecule has 0 radical (unpaired) electrons. The van der Waals surface area contributed by atoms with Crippen LogP contribution in [0.25, 0.3) is 32.5 Å². The highest BCUT2D eigenvalue weighted by molar-refractivity contribution is 7.17. The molecule has 0 bridgehead atoms. The summed E-state index contributed by atoms with van der Waals surface area (Å²) in [5, 5.41) is 11.7. The molecule has 5 nitrogen and oxygen atoms in total. The lowest BCUT2D eigenvalue weighted by Crippen LogP contribution is -2.09. The van der Waals surface area contributed by atoms with Gasteiger partial charge in [-0.2, -0.15) is 5.26 Å². The number of benzene rings is 2. The summed E-state index contributed by atoms with van der Waals surface area (Å²) >= 11 is 1.42. The van der Waals surface area contributed by atoms with Gasteiger partial charge in [0, 0.05) is 34.6 Å². The van der Waals surface area contributed by atoms with Gasteiger partial charge in [-0.15, -0.1) is 11.3 Å². The number of fused-ring (bicyclic) bond motifs is 1. The van der Waals surface area contributed by atoms with Crippen molar-refractivity contribution in [3.63, 3.8) is 0 Å². The standard InChI is InChI=1S/C23H17FN2O3S/c1-28-8-9-29-19-12-16(24)5-6-17(19)20-21(15-4-2-3-14(11-15)13-25)26-23(27)18-7-10-30-22(18)20/h2-7,10-12H,8-9H2,1H3,(H,26,27). The Balaban J connectivity index is 2.01. The first-order valence-electron chi connectivity index (χ1n) is 9.18. The number of hydrogen-bond acceptors (Lipinski definition) is 5. The number of H-pyrrole nitrogens is 1. The van der Waals surface area contributed by atoms with Gasteiger partial charge in [-0.05, 0) is 35.7 Å². The number of aromatic nitrogens is 1. The molecule has 4 rings (SSSR count). The van der Waals surface area contributed by atoms with Crippen molar-refractivity contribution < 1.29 is 13.9 Å². The molecule has 0 aliphatic rings. The maximum absolute atomic E-state index is 14.0. The van der Waals surface area contributed by atoms with Gasteiger partial charge >= 0.3 is 0 Å². The number of nitrogens with one attached hydrogen (secondary N) is 1. The zero-order valence-corrected chi connectivity index (χ0v) is 16.9. The number of pyridine rings is 1. The van der Waals surface area contributed by atoms with E-state index in [2.05, 4.69) is 11.1 Å². The molecule has 0 fully saturated rings. The third-order valence-electron chi connectivity index (χ3n) is 4.66. The average Bonchev–Trinajstić information content (AvgIpc) is 3.25. The number of rotatable bonds is 6. The molecule has 0 amide bonds. The number of ether oxygens (including phenoxy) is 2. The summed E-state index contributed by atoms with van der Waals surface area (Å²) in [7, 11) is 1.56. The predicted molar refractivity (Wildman–Crippen MR) is 115 cm³/mol. The lowest BCUT2D eigenvalue weighted by molar-refractivity contribution is 0.146. The van der Waals surface area contributed by atoms with E-state index in [0.717, 1.165) is 10.3 Å². The highest BCUT2D eigenvalue weighted by atomic mass is 32.1. The van der Waals surface area contributed by atoms with Gasteiger partial charge in [0.05, 0.1) is 29.3 Å². The summed E-state index contributed by atoms with van der Waals surface area (Å²) in [6, 6.07) is 15.2. The van der Waals surface area contributed by atoms with Crippen molar-refractivity contribution in [3.8, 4) is 34.2 Å². The van der Waals surface area contributed by atoms with Gasteiger partial charge in [0.1, 0.15) is 18.2 Å². The van der Waals surface area contributed by atoms with Gasteiger partial charge in [0.2, 0.25) is 0 Å². The normalized spacial score (nSPS) is 10.8. The second kappa shape index (κ2) is 8.49. The monoisotopic (exact) mass is 420 g/mol. The van der Waals surface area contributed by atoms with Crippen LogP contribution in [0.5, 0.6) is 5.75 Å². The molecule has 1 N–H and O–H groups in total. The lowest BCUT2D eigenvalue weighted by atomic mass is 9.96. The molecule has 150 valence electrons. The molecule has 0 aliphatic carbocycles. The van der Waals surface area contributed by atoms with Crippen LogP contribution in [0.2, 0.25) is 0 Å². The smallest absolute Gasteiger partial charge is 0.257 e. The minimum Gasteiger partial charge on any atom is -0.490 e. The number of thiophene rings is 1. The zero-order chi connectivity index (χ0) is 21.1. The number of aromatic amines is 1. The largest absolute Gasteiger partial charge is 0.490 e. The summed E-state index contributed by atoms with van der Waals surface area (Å²) in [4.78, 5) is 15.6. The minimum atomic E-state index is -0.425. The number of hydrogen-bond donors (Lipinski definition) is 1. The molecule has 0 atom stereocenters. The van der Waals surface area contributed by atoms with E-state index in [0.29, 0.717) is 40.1 Å². The predicted octanol–water partition coefficient (Wildman–Crippen LogP) is 4.96. The van der Waals surface area contributed by atoms with E-state index in [4.69, 9.17) is 9.47 Å². The fourth-order valence-corrected chi connectivity index (χ4v) is 4.27. The Kier molecular flexibility index (Phi) is 5.61. The van der Waals surface area contributed by atoms with Gasteiger partial charge in [0.15, 0.2) is 0 Å². The molecule has 0 unspecified atom stereocenters. The number of nitrogens with zero attached hydrogens (tertiary/aromatic N) is 1. The summed E-state index contributed by atoms with van der Waals surface area (Å²) in [5.41, 5.74) is 2.85. The Morgan fingerprint density at radius 3 is 2.83 bits per heavy atom. The minimum absolute atomic E-state index is 0.226. The Hall–Kier alpha value is -3.47. The zero-order valence-electron chi connectivity index (χ0n) is 16.1. The average molecular weight is 420 g/mol. The fraction of sp³-hybridized carbons (Fsp3) is 0.130. The molecule has 4 aromatic rings. The van der Waals surface area contributed by atoms with E-state index in [1.165, 1.54) is 23.5 Å². The van der Waals surface area contributed by atoms with E-state index >= 15 is 0 Å². The molecule has 7 heteroatoms. The molecule has 2 aromatic heterocycles. The third kappa shape index (κ3) is 3.71. The number of nitriles is 1. The molecule has 0 spiro atoms. The molecule has 30 heavy (non-hydrogen) atoms. The number of halogens is 1. The first kappa shape index (κ1) is 19.8. The molecule has 2 aromatic carbocycles. The Morgan fingerprint density at radius 1 is 1.17 bits per heavy atom. The molecule has 0 aliphatic heterocycles. The van der Waals surface area contributed by atoms with Crippen LogP contribution < -0.4 is 10.3 Å². The molecular weight excluding hydrogens is 403 g/mol. The SMILES string of the molecule is COCCOc1cc(F)ccc1-c1c(-c2cccc(C#N)c2)[nH]c(=O)c2ccsc12. The van der Waals surface area contributed by atoms with Gasteiger partial charge in [-0.1, -0.05) is 12.1 Å². The van der Waals surface area contributed by atoms with Crippen LogP contribution in [0.4, 0.5) is 4.39 Å². The first-order valence-corrected chi connectivity index (χ1v) is 10.1. The molecular formula is C23H17FN2O3S. The van der Waals surface area contributed by atoms with E-state index < -0.39 is 5.82 Å². The maximum Gasteiger partial charge on any atom is 0.257 e. The highest BCUT2D eigenvalue weighted by Crippen LogP contribution is 2.42. The molecule has 2 heterocycles. The van der Waals surface area contributed by atoms with Crippen molar-refractivity contribution >= 4 is 21.4 Å². The van der Waals surface area contributed by atoms with Gasteiger partial charge < -0.3 is 14.5 Å². The number of methoxy groups -OCH3 is 1. The summed E-state index contributed by atoms with van der Waals surface area (Å²) < 4.78 is 25.6. The van der Waals surface area contributed by atoms with Crippen molar-refractivity contribution in [1.29, 1.82) is 5.26 Å². The second-order valence-electron chi connectivity index (χ2n) is 6.54. The lowest BCUT2D eigenvalue weighted by Gasteiger charge is -2.16. The van der Waals surface area contributed by atoms with Crippen molar-refractivity contribution in [2.45, 2.75) is 0 Å². The van der Waals surface area contributed by atoms with Crippen LogP contribution in [0.3, 0.4) is 0 Å². The first-order chi connectivity index (χ1) is 14.6. The summed E-state index contributed by atoms with van der Waals surface area (Å²) in [5.74, 6) is -0.0717. The molecule has 0 saturated carbocycles. The topological polar surface area (TPSA) is 75.1 Å². The van der Waals surface area contributed by atoms with Crippen molar-refractivity contribution in [2.24, 2.45) is 0 Å². The maximum atomic E-state index is 14.0. The van der Waals surface area contributed by atoms with E-state index in [1.807, 2.05) is 11.4 Å². The van der Waals surface area contributed by atoms with E-state index in [-0.39, 0.29) is 12.2 Å². The Labute approximate surface area is 175 Å². The third-order valence-corrected chi connectivity index (χ3v) is 5.60. The molecule has 0 saturated heterocycles. The van der Waals surface area contributed by atoms with Crippen molar-refractivity contribution in [3.05, 3.63) is 75.6 Å². The van der Waals surface area contributed by atoms with Gasteiger partial charge in [-0.25, -0.2) is 4.39 Å². The summed E-state index contributed by atoms with van der Waals surface area (Å²) in [6.45, 7) is 0.607. The van der Waals surface area contributed by atoms with Crippen LogP contribution >= 0.6 is 11.3 Å². The highest BCUT2D eigenvalue weighted by Gasteiger charge is 2.20. The van der Waals surface area contributed by atoms with Crippen molar-refractivity contribution in [1.82, 2.24) is 4.98 Å². The van der Waals surface area contributed by atoms with E-state index in [1.54, 1.807) is 37.4 Å². The Morgan fingerprint density at radius 2 is 2.03 bits per heavy atom. The van der Waals surface area contributed by atoms with Gasteiger partial charge in [-0.3, -0.25) is 4.79 Å². The van der Waals surface area contributed by atoms with Crippen molar-refractivity contribution in [2.75, 3.05) is 20.3 Å².